The molecular weight excluding hydrogens is 558 g/mol. The summed E-state index contributed by atoms with van der Waals surface area (Å²) in [6.07, 6.45) is -2.99. The van der Waals surface area contributed by atoms with Gasteiger partial charge in [0.2, 0.25) is 5.91 Å². The number of benzene rings is 1. The Morgan fingerprint density at radius 2 is 1.82 bits per heavy atom. The molecule has 182 valence electrons. The molecule has 0 bridgehead atoms. The highest BCUT2D eigenvalue weighted by Crippen LogP contribution is 2.47. The lowest BCUT2D eigenvalue weighted by Gasteiger charge is -2.10. The van der Waals surface area contributed by atoms with Gasteiger partial charge in [0, 0.05) is 27.9 Å². The number of amides is 1. The highest BCUT2D eigenvalue weighted by atomic mass is 79.9. The maximum Gasteiger partial charge on any atom is 0.436 e. The average molecular weight is 579 g/mol. The summed E-state index contributed by atoms with van der Waals surface area (Å²) >= 11 is 15.6. The molecule has 1 amide bonds. The first kappa shape index (κ1) is 25.1. The summed E-state index contributed by atoms with van der Waals surface area (Å²) in [6, 6.07) is 5.24. The molecule has 0 spiro atoms. The first-order valence-electron chi connectivity index (χ1n) is 10.6. The van der Waals surface area contributed by atoms with Crippen LogP contribution in [0.25, 0.3) is 0 Å². The van der Waals surface area contributed by atoms with Crippen LogP contribution in [0.15, 0.2) is 22.7 Å². The quantitative estimate of drug-likeness (QED) is 0.338. The smallest absolute Gasteiger partial charge is 0.323 e. The van der Waals surface area contributed by atoms with Gasteiger partial charge >= 0.3 is 6.18 Å². The van der Waals surface area contributed by atoms with E-state index in [-0.39, 0.29) is 29.3 Å². The lowest BCUT2D eigenvalue weighted by atomic mass is 10.2. The first-order valence-corrected chi connectivity index (χ1v) is 12.1. The molecule has 3 aromatic rings. The second-order valence-electron chi connectivity index (χ2n) is 8.24. The Kier molecular flexibility index (Phi) is 7.04. The second-order valence-corrected chi connectivity index (χ2v) is 9.85. The number of aryl methyl sites for hydroxylation is 2. The van der Waals surface area contributed by atoms with E-state index in [2.05, 4.69) is 31.4 Å². The number of carbonyl (C=O) groups is 1. The Balaban J connectivity index is 1.47. The van der Waals surface area contributed by atoms with E-state index in [4.69, 9.17) is 23.2 Å². The minimum Gasteiger partial charge on any atom is -0.323 e. The van der Waals surface area contributed by atoms with Crippen molar-refractivity contribution in [2.45, 2.75) is 58.3 Å². The number of nitrogens with one attached hydrogen (secondary N) is 1. The molecule has 0 radical (unpaired) electrons. The van der Waals surface area contributed by atoms with Gasteiger partial charge in [-0.25, -0.2) is 0 Å². The predicted molar refractivity (Wildman–Crippen MR) is 127 cm³/mol. The summed E-state index contributed by atoms with van der Waals surface area (Å²) in [6.45, 7) is 3.94. The number of alkyl halides is 3. The van der Waals surface area contributed by atoms with Gasteiger partial charge in [-0.2, -0.15) is 23.4 Å². The summed E-state index contributed by atoms with van der Waals surface area (Å²) < 4.78 is 42.9. The number of aromatic nitrogens is 4. The Labute approximate surface area is 212 Å². The number of hydrogen-bond acceptors (Lipinski definition) is 3. The van der Waals surface area contributed by atoms with E-state index in [0.717, 1.165) is 12.8 Å². The minimum atomic E-state index is -4.57. The van der Waals surface area contributed by atoms with Gasteiger partial charge in [-0.1, -0.05) is 29.3 Å². The van der Waals surface area contributed by atoms with E-state index >= 15 is 0 Å². The van der Waals surface area contributed by atoms with Gasteiger partial charge in [-0.05, 0) is 54.8 Å². The van der Waals surface area contributed by atoms with E-state index in [1.165, 1.54) is 4.68 Å². The predicted octanol–water partition coefficient (Wildman–Crippen LogP) is 6.74. The summed E-state index contributed by atoms with van der Waals surface area (Å²) in [5.41, 5.74) is 2.12. The van der Waals surface area contributed by atoms with Crippen molar-refractivity contribution >= 4 is 50.7 Å². The fraction of sp³-hybridized carbons (Fsp3) is 0.409. The van der Waals surface area contributed by atoms with Crippen molar-refractivity contribution in [3.63, 3.8) is 0 Å². The molecule has 12 heteroatoms. The Morgan fingerprint density at radius 3 is 2.41 bits per heavy atom. The molecule has 1 aromatic carbocycles. The molecule has 1 aliphatic carbocycles. The highest BCUT2D eigenvalue weighted by Gasteiger charge is 2.41. The molecule has 1 aliphatic rings. The SMILES string of the molecule is Cc1nn(Cc2c(Cl)cccc2Cl)c(C)c1NC(=O)CCn1nc(C(F)(F)F)c(Br)c1C1CC1. The van der Waals surface area contributed by atoms with Crippen molar-refractivity contribution in [2.75, 3.05) is 5.32 Å². The van der Waals surface area contributed by atoms with Crippen molar-refractivity contribution < 1.29 is 18.0 Å². The monoisotopic (exact) mass is 577 g/mol. The van der Waals surface area contributed by atoms with E-state index in [0.29, 0.717) is 44.9 Å². The molecule has 1 fully saturated rings. The summed E-state index contributed by atoms with van der Waals surface area (Å²) in [4.78, 5) is 12.7. The number of anilines is 1. The van der Waals surface area contributed by atoms with Gasteiger partial charge in [-0.15, -0.1) is 0 Å². The van der Waals surface area contributed by atoms with Crippen molar-refractivity contribution in [1.29, 1.82) is 0 Å². The summed E-state index contributed by atoms with van der Waals surface area (Å²) in [5, 5.41) is 12.1. The topological polar surface area (TPSA) is 64.7 Å². The van der Waals surface area contributed by atoms with Crippen molar-refractivity contribution in [3.05, 3.63) is 61.1 Å². The van der Waals surface area contributed by atoms with Gasteiger partial charge < -0.3 is 5.32 Å². The van der Waals surface area contributed by atoms with Crippen LogP contribution in [0.5, 0.6) is 0 Å². The number of halogens is 6. The van der Waals surface area contributed by atoms with Crippen LogP contribution in [0, 0.1) is 13.8 Å². The van der Waals surface area contributed by atoms with Crippen molar-refractivity contribution in [3.8, 4) is 0 Å². The standard InChI is InChI=1S/C22H21BrCl2F3N5O/c1-11-19(12(2)33(30-11)10-14-15(24)4-3-5-16(14)25)29-17(34)8-9-32-20(13-6-7-13)18(23)21(31-32)22(26,27)28/h3-5,13H,6-10H2,1-2H3,(H,29,34). The Hall–Kier alpha value is -2.04. The molecular formula is C22H21BrCl2F3N5O. The van der Waals surface area contributed by atoms with Crippen LogP contribution >= 0.6 is 39.1 Å². The van der Waals surface area contributed by atoms with Gasteiger partial charge in [0.25, 0.3) is 0 Å². The fourth-order valence-electron chi connectivity index (χ4n) is 3.83. The molecule has 2 heterocycles. The summed E-state index contributed by atoms with van der Waals surface area (Å²) in [7, 11) is 0. The highest BCUT2D eigenvalue weighted by molar-refractivity contribution is 9.10. The number of hydrogen-bond donors (Lipinski definition) is 1. The maximum absolute atomic E-state index is 13.3. The molecule has 0 atom stereocenters. The normalized spacial score (nSPS) is 14.0. The van der Waals surface area contributed by atoms with Crippen molar-refractivity contribution in [1.82, 2.24) is 19.6 Å². The lowest BCUT2D eigenvalue weighted by Crippen LogP contribution is -2.17. The van der Waals surface area contributed by atoms with Crippen LogP contribution < -0.4 is 5.32 Å². The van der Waals surface area contributed by atoms with Crippen LogP contribution in [0.4, 0.5) is 18.9 Å². The van der Waals surface area contributed by atoms with Crippen LogP contribution in [-0.2, 0) is 24.1 Å². The Bertz CT molecular complexity index is 1230. The number of nitrogens with zero attached hydrogens (tertiary/aromatic N) is 4. The molecule has 2 aromatic heterocycles. The van der Waals surface area contributed by atoms with Gasteiger partial charge in [0.05, 0.1) is 40.3 Å². The molecule has 34 heavy (non-hydrogen) atoms. The summed E-state index contributed by atoms with van der Waals surface area (Å²) in [5.74, 6) is -0.316. The van der Waals surface area contributed by atoms with Crippen molar-refractivity contribution in [2.24, 2.45) is 0 Å². The van der Waals surface area contributed by atoms with Gasteiger partial charge in [-0.3, -0.25) is 14.2 Å². The number of rotatable bonds is 7. The van der Waals surface area contributed by atoms with Crippen LogP contribution in [0.2, 0.25) is 10.0 Å². The fourth-order valence-corrected chi connectivity index (χ4v) is 5.18. The third-order valence-corrected chi connectivity index (χ3v) is 7.22. The maximum atomic E-state index is 13.3. The lowest BCUT2D eigenvalue weighted by molar-refractivity contribution is -0.142. The molecule has 4 rings (SSSR count). The van der Waals surface area contributed by atoms with E-state index in [9.17, 15) is 18.0 Å². The zero-order valence-corrected chi connectivity index (χ0v) is 21.4. The molecule has 0 saturated heterocycles. The average Bonchev–Trinajstić information content (AvgIpc) is 3.47. The molecule has 6 nitrogen and oxygen atoms in total. The Morgan fingerprint density at radius 1 is 1.18 bits per heavy atom. The minimum absolute atomic E-state index is 0.0281. The molecule has 0 aliphatic heterocycles. The van der Waals surface area contributed by atoms with Gasteiger partial charge in [0.15, 0.2) is 5.69 Å². The van der Waals surface area contributed by atoms with Crippen LogP contribution in [-0.4, -0.2) is 25.5 Å². The molecule has 1 N–H and O–H groups in total. The largest absolute Gasteiger partial charge is 0.436 e. The van der Waals surface area contributed by atoms with E-state index in [1.54, 1.807) is 29.8 Å². The zero-order chi connectivity index (χ0) is 24.8. The third-order valence-electron chi connectivity index (χ3n) is 5.73. The van der Waals surface area contributed by atoms with E-state index < -0.39 is 11.9 Å². The zero-order valence-electron chi connectivity index (χ0n) is 18.3. The first-order chi connectivity index (χ1) is 16.0. The van der Waals surface area contributed by atoms with Gasteiger partial charge in [0.1, 0.15) is 0 Å². The number of carbonyl (C=O) groups excluding carboxylic acids is 1. The van der Waals surface area contributed by atoms with E-state index in [1.807, 2.05) is 6.92 Å². The third kappa shape index (κ3) is 5.13. The van der Waals surface area contributed by atoms with Crippen LogP contribution in [0.3, 0.4) is 0 Å². The molecule has 1 saturated carbocycles. The molecule has 0 unspecified atom stereocenters. The second kappa shape index (κ2) is 9.54. The van der Waals surface area contributed by atoms with Crippen LogP contribution in [0.1, 0.15) is 53.5 Å².